The summed E-state index contributed by atoms with van der Waals surface area (Å²) in [6, 6.07) is -1.47. The molecule has 0 fully saturated rings. The van der Waals surface area contributed by atoms with Gasteiger partial charge in [0, 0.05) is 13.0 Å². The van der Waals surface area contributed by atoms with E-state index in [-0.39, 0.29) is 13.0 Å². The number of nitrogens with two attached hydrogens (primary N) is 1. The second-order valence-electron chi connectivity index (χ2n) is 18.4. The zero-order chi connectivity index (χ0) is 46.2. The van der Waals surface area contributed by atoms with Crippen molar-refractivity contribution in [2.24, 2.45) is 5.73 Å². The molecule has 0 saturated carbocycles. The van der Waals surface area contributed by atoms with E-state index < -0.39 is 45.1 Å². The summed E-state index contributed by atoms with van der Waals surface area (Å²) in [5.41, 5.74) is 5.38. The van der Waals surface area contributed by atoms with Gasteiger partial charge < -0.3 is 25.2 Å². The Kier molecular flexibility index (Phi) is 47.6. The third kappa shape index (κ3) is 48.5. The van der Waals surface area contributed by atoms with Crippen LogP contribution in [0.4, 0.5) is 0 Å². The Morgan fingerprint density at radius 1 is 0.492 bits per heavy atom. The Morgan fingerprint density at radius 2 is 0.825 bits per heavy atom. The zero-order valence-electron chi connectivity index (χ0n) is 41.2. The average Bonchev–Trinajstić information content (AvgIpc) is 3.26. The number of phosphoric acid groups is 1. The molecule has 0 aliphatic carbocycles. The number of aliphatic carboxylic acids is 1. The molecule has 10 nitrogen and oxygen atoms in total. The molecule has 0 heterocycles. The van der Waals surface area contributed by atoms with Crippen LogP contribution in [-0.4, -0.2) is 60.5 Å². The van der Waals surface area contributed by atoms with Gasteiger partial charge in [-0.2, -0.15) is 0 Å². The molecule has 0 aromatic heterocycles. The Hall–Kier alpha value is -1.29. The smallest absolute Gasteiger partial charge is 0.472 e. The second kappa shape index (κ2) is 48.6. The number of carboxylic acid groups (broad SMARTS) is 1. The number of hydrogen-bond donors (Lipinski definition) is 3. The van der Waals surface area contributed by atoms with E-state index in [1.807, 2.05) is 0 Å². The van der Waals surface area contributed by atoms with Crippen LogP contribution in [0.1, 0.15) is 271 Å². The number of ether oxygens (including phenoxy) is 2. The van der Waals surface area contributed by atoms with Crippen molar-refractivity contribution >= 4 is 19.8 Å². The van der Waals surface area contributed by atoms with Crippen LogP contribution in [-0.2, 0) is 32.7 Å². The average molecular weight is 916 g/mol. The van der Waals surface area contributed by atoms with Crippen LogP contribution >= 0.6 is 7.82 Å². The Labute approximate surface area is 388 Å². The van der Waals surface area contributed by atoms with Gasteiger partial charge in [0.2, 0.25) is 0 Å². The summed E-state index contributed by atoms with van der Waals surface area (Å²) in [4.78, 5) is 33.7. The SMILES string of the molecule is CCCCCCCCC/C=C\CCCCCCCCCCOCC(COP(=O)(O)OCC(N)C(=O)O)OC(=O)CCCCCCCCCCCCCCCCCCCCCCCC. The van der Waals surface area contributed by atoms with Gasteiger partial charge >= 0.3 is 19.8 Å². The van der Waals surface area contributed by atoms with Crippen LogP contribution in [0, 0.1) is 0 Å². The molecule has 0 aliphatic rings. The maximum atomic E-state index is 12.7. The first-order valence-electron chi connectivity index (χ1n) is 26.7. The number of phosphoric ester groups is 1. The molecule has 374 valence electrons. The molecule has 0 rings (SSSR count). The third-order valence-electron chi connectivity index (χ3n) is 12.0. The molecule has 63 heavy (non-hydrogen) atoms. The van der Waals surface area contributed by atoms with Crippen LogP contribution in [0.2, 0.25) is 0 Å². The zero-order valence-corrected chi connectivity index (χ0v) is 42.1. The summed E-state index contributed by atoms with van der Waals surface area (Å²) < 4.78 is 33.5. The molecule has 0 radical (unpaired) electrons. The van der Waals surface area contributed by atoms with Gasteiger partial charge in [0.05, 0.1) is 19.8 Å². The van der Waals surface area contributed by atoms with Crippen molar-refractivity contribution < 1.29 is 42.7 Å². The lowest BCUT2D eigenvalue weighted by Crippen LogP contribution is -2.34. The monoisotopic (exact) mass is 916 g/mol. The lowest BCUT2D eigenvalue weighted by atomic mass is 10.0. The van der Waals surface area contributed by atoms with Gasteiger partial charge in [-0.05, 0) is 38.5 Å². The summed E-state index contributed by atoms with van der Waals surface area (Å²) in [5.74, 6) is -1.76. The standard InChI is InChI=1S/C52H102NO9P/c1-3-5-7-9-11-13-15-17-19-21-23-24-25-26-28-30-32-34-36-38-40-42-44-51(54)62-49(47-60-63(57,58)61-48-50(53)52(55)56)46-59-45-43-41-39-37-35-33-31-29-27-22-20-18-16-14-12-10-8-6-4-2/h20,22,49-50H,3-19,21,23-48,53H2,1-2H3,(H,55,56)(H,57,58)/b22-20-. The first-order valence-corrected chi connectivity index (χ1v) is 28.2. The van der Waals surface area contributed by atoms with Crippen molar-refractivity contribution in [3.05, 3.63) is 12.2 Å². The number of allylic oxidation sites excluding steroid dienone is 2. The third-order valence-corrected chi connectivity index (χ3v) is 13.0. The summed E-state index contributed by atoms with van der Waals surface area (Å²) >= 11 is 0. The van der Waals surface area contributed by atoms with Crippen molar-refractivity contribution in [3.63, 3.8) is 0 Å². The number of carbonyl (C=O) groups excluding carboxylic acids is 1. The predicted molar refractivity (Wildman–Crippen MR) is 263 cm³/mol. The van der Waals surface area contributed by atoms with Crippen molar-refractivity contribution in [1.29, 1.82) is 0 Å². The van der Waals surface area contributed by atoms with E-state index in [2.05, 4.69) is 26.0 Å². The lowest BCUT2D eigenvalue weighted by Gasteiger charge is -2.20. The highest BCUT2D eigenvalue weighted by molar-refractivity contribution is 7.47. The summed E-state index contributed by atoms with van der Waals surface area (Å²) in [6.45, 7) is 3.94. The number of carbonyl (C=O) groups is 2. The Balaban J connectivity index is 4.07. The van der Waals surface area contributed by atoms with Crippen molar-refractivity contribution in [2.45, 2.75) is 283 Å². The largest absolute Gasteiger partial charge is 0.480 e. The normalized spacial score (nSPS) is 13.7. The molecule has 3 atom stereocenters. The molecule has 0 spiro atoms. The number of hydrogen-bond acceptors (Lipinski definition) is 8. The number of esters is 1. The highest BCUT2D eigenvalue weighted by atomic mass is 31.2. The van der Waals surface area contributed by atoms with Gasteiger partial charge in [0.25, 0.3) is 0 Å². The van der Waals surface area contributed by atoms with Gasteiger partial charge in [0.1, 0.15) is 12.1 Å². The summed E-state index contributed by atoms with van der Waals surface area (Å²) in [5, 5.41) is 8.93. The highest BCUT2D eigenvalue weighted by Gasteiger charge is 2.27. The number of carboxylic acids is 1. The lowest BCUT2D eigenvalue weighted by molar-refractivity contribution is -0.154. The maximum absolute atomic E-state index is 12.7. The fourth-order valence-corrected chi connectivity index (χ4v) is 8.67. The molecule has 11 heteroatoms. The topological polar surface area (TPSA) is 155 Å². The molecule has 0 aromatic rings. The number of unbranched alkanes of at least 4 members (excludes halogenated alkanes) is 36. The maximum Gasteiger partial charge on any atom is 0.472 e. The molecule has 0 bridgehead atoms. The summed E-state index contributed by atoms with van der Waals surface area (Å²) in [7, 11) is -4.62. The van der Waals surface area contributed by atoms with E-state index in [0.29, 0.717) is 6.61 Å². The minimum Gasteiger partial charge on any atom is -0.480 e. The molecule has 0 amide bonds. The number of rotatable bonds is 52. The van der Waals surface area contributed by atoms with Crippen LogP contribution in [0.25, 0.3) is 0 Å². The first-order chi connectivity index (χ1) is 30.7. The van der Waals surface area contributed by atoms with E-state index >= 15 is 0 Å². The van der Waals surface area contributed by atoms with Crippen LogP contribution in [0.5, 0.6) is 0 Å². The van der Waals surface area contributed by atoms with Gasteiger partial charge in [-0.3, -0.25) is 18.6 Å². The Bertz CT molecular complexity index is 1060. The molecular formula is C52H102NO9P. The van der Waals surface area contributed by atoms with E-state index in [0.717, 1.165) is 38.5 Å². The first kappa shape index (κ1) is 61.7. The van der Waals surface area contributed by atoms with Gasteiger partial charge in [-0.15, -0.1) is 0 Å². The van der Waals surface area contributed by atoms with E-state index in [4.69, 9.17) is 29.4 Å². The van der Waals surface area contributed by atoms with E-state index in [1.165, 1.54) is 212 Å². The van der Waals surface area contributed by atoms with Crippen molar-refractivity contribution in [1.82, 2.24) is 0 Å². The highest BCUT2D eigenvalue weighted by Crippen LogP contribution is 2.43. The van der Waals surface area contributed by atoms with E-state index in [1.54, 1.807) is 0 Å². The van der Waals surface area contributed by atoms with Crippen LogP contribution < -0.4 is 5.73 Å². The van der Waals surface area contributed by atoms with Crippen molar-refractivity contribution in [3.8, 4) is 0 Å². The predicted octanol–water partition coefficient (Wildman–Crippen LogP) is 15.7. The molecule has 4 N–H and O–H groups in total. The second-order valence-corrected chi connectivity index (χ2v) is 19.8. The van der Waals surface area contributed by atoms with Gasteiger partial charge in [-0.1, -0.05) is 238 Å². The fraction of sp³-hybridized carbons (Fsp3) is 0.923. The molecule has 0 aliphatic heterocycles. The Morgan fingerprint density at radius 3 is 1.21 bits per heavy atom. The molecule has 3 unspecified atom stereocenters. The molecule has 0 saturated heterocycles. The summed E-state index contributed by atoms with van der Waals surface area (Å²) in [6.07, 6.45) is 54.1. The van der Waals surface area contributed by atoms with Gasteiger partial charge in [0.15, 0.2) is 0 Å². The molecular weight excluding hydrogens is 814 g/mol. The van der Waals surface area contributed by atoms with E-state index in [9.17, 15) is 19.0 Å². The molecule has 0 aromatic carbocycles. The minimum absolute atomic E-state index is 0.0211. The van der Waals surface area contributed by atoms with Gasteiger partial charge in [-0.25, -0.2) is 4.57 Å². The minimum atomic E-state index is -4.62. The van der Waals surface area contributed by atoms with Crippen LogP contribution in [0.15, 0.2) is 12.2 Å². The quantitative estimate of drug-likeness (QED) is 0.0232. The van der Waals surface area contributed by atoms with Crippen LogP contribution in [0.3, 0.4) is 0 Å². The fourth-order valence-electron chi connectivity index (χ4n) is 7.90. The van der Waals surface area contributed by atoms with Crippen molar-refractivity contribution in [2.75, 3.05) is 26.4 Å².